The molecule has 0 amide bonds. The molecule has 1 rings (SSSR count). The highest BCUT2D eigenvalue weighted by Crippen LogP contribution is 2.20. The van der Waals surface area contributed by atoms with E-state index in [0.717, 1.165) is 5.75 Å². The van der Waals surface area contributed by atoms with Gasteiger partial charge in [0.05, 0.1) is 0 Å². The molecule has 84 valence electrons. The number of hydrogen-bond acceptors (Lipinski definition) is 1. The summed E-state index contributed by atoms with van der Waals surface area (Å²) in [5.74, 6) is 1.16. The van der Waals surface area contributed by atoms with Gasteiger partial charge in [0.2, 0.25) is 0 Å². The predicted octanol–water partition coefficient (Wildman–Crippen LogP) is 5.00. The van der Waals surface area contributed by atoms with Gasteiger partial charge in [-0.3, -0.25) is 0 Å². The maximum Gasteiger partial charge on any atom is 0.00746 e. The lowest BCUT2D eigenvalue weighted by molar-refractivity contribution is 1.28. The SMILES string of the molecule is C=C(C)C.CCSc1ccc(C)c(C)c1. The van der Waals surface area contributed by atoms with Crippen molar-refractivity contribution in [1.82, 2.24) is 0 Å². The van der Waals surface area contributed by atoms with Crippen LogP contribution in [0.15, 0.2) is 35.2 Å². The first-order valence-electron chi connectivity index (χ1n) is 5.29. The number of thioether (sulfide) groups is 1. The Morgan fingerprint density at radius 1 is 1.20 bits per heavy atom. The molecule has 1 aromatic carbocycles. The monoisotopic (exact) mass is 222 g/mol. The number of hydrogen-bond donors (Lipinski definition) is 0. The van der Waals surface area contributed by atoms with Crippen molar-refractivity contribution in [2.75, 3.05) is 5.75 Å². The Bertz CT molecular complexity index is 309. The third kappa shape index (κ3) is 7.26. The molecule has 15 heavy (non-hydrogen) atoms. The summed E-state index contributed by atoms with van der Waals surface area (Å²) in [6.07, 6.45) is 0. The molecule has 0 nitrogen and oxygen atoms in total. The van der Waals surface area contributed by atoms with Gasteiger partial charge < -0.3 is 0 Å². The summed E-state index contributed by atoms with van der Waals surface area (Å²) in [6, 6.07) is 6.63. The fraction of sp³-hybridized carbons (Fsp3) is 0.429. The van der Waals surface area contributed by atoms with Crippen LogP contribution in [0.4, 0.5) is 0 Å². The van der Waals surface area contributed by atoms with Gasteiger partial charge in [0, 0.05) is 4.90 Å². The zero-order chi connectivity index (χ0) is 11.8. The van der Waals surface area contributed by atoms with Crippen molar-refractivity contribution < 1.29 is 0 Å². The molecular formula is C14H22S. The topological polar surface area (TPSA) is 0 Å². The van der Waals surface area contributed by atoms with E-state index in [1.807, 2.05) is 25.6 Å². The molecule has 0 bridgehead atoms. The molecule has 0 saturated carbocycles. The molecule has 0 saturated heterocycles. The highest BCUT2D eigenvalue weighted by atomic mass is 32.2. The number of allylic oxidation sites excluding steroid dienone is 1. The van der Waals surface area contributed by atoms with E-state index in [9.17, 15) is 0 Å². The van der Waals surface area contributed by atoms with Crippen LogP contribution in [0, 0.1) is 13.8 Å². The third-order valence-corrected chi connectivity index (χ3v) is 2.67. The van der Waals surface area contributed by atoms with E-state index in [2.05, 4.69) is 45.5 Å². The van der Waals surface area contributed by atoms with Gasteiger partial charge in [0.25, 0.3) is 0 Å². The van der Waals surface area contributed by atoms with Crippen LogP contribution in [0.1, 0.15) is 31.9 Å². The molecule has 0 aromatic heterocycles. The molecule has 0 aliphatic heterocycles. The van der Waals surface area contributed by atoms with Crippen LogP contribution in [-0.4, -0.2) is 5.75 Å². The fourth-order valence-corrected chi connectivity index (χ4v) is 1.73. The zero-order valence-corrected chi connectivity index (χ0v) is 11.4. The molecular weight excluding hydrogens is 200 g/mol. The van der Waals surface area contributed by atoms with Crippen molar-refractivity contribution in [3.8, 4) is 0 Å². The van der Waals surface area contributed by atoms with Gasteiger partial charge >= 0.3 is 0 Å². The summed E-state index contributed by atoms with van der Waals surface area (Å²) in [6.45, 7) is 14.0. The first-order chi connectivity index (χ1) is 6.97. The van der Waals surface area contributed by atoms with Crippen molar-refractivity contribution >= 4 is 11.8 Å². The lowest BCUT2D eigenvalue weighted by Crippen LogP contribution is -1.80. The van der Waals surface area contributed by atoms with Crippen molar-refractivity contribution in [2.24, 2.45) is 0 Å². The molecule has 0 aliphatic carbocycles. The van der Waals surface area contributed by atoms with E-state index in [1.54, 1.807) is 0 Å². The third-order valence-electron chi connectivity index (χ3n) is 1.79. The van der Waals surface area contributed by atoms with Gasteiger partial charge in [-0.15, -0.1) is 18.3 Å². The Balaban J connectivity index is 0.000000423. The van der Waals surface area contributed by atoms with Crippen molar-refractivity contribution in [3.63, 3.8) is 0 Å². The first-order valence-corrected chi connectivity index (χ1v) is 6.28. The Morgan fingerprint density at radius 3 is 2.13 bits per heavy atom. The van der Waals surface area contributed by atoms with Gasteiger partial charge in [-0.2, -0.15) is 0 Å². The van der Waals surface area contributed by atoms with Crippen molar-refractivity contribution in [1.29, 1.82) is 0 Å². The Labute approximate surface area is 98.8 Å². The highest BCUT2D eigenvalue weighted by Gasteiger charge is 1.94. The lowest BCUT2D eigenvalue weighted by atomic mass is 10.1. The second kappa shape index (κ2) is 7.58. The van der Waals surface area contributed by atoms with Crippen LogP contribution < -0.4 is 0 Å². The summed E-state index contributed by atoms with van der Waals surface area (Å²) < 4.78 is 0. The van der Waals surface area contributed by atoms with E-state index in [0.29, 0.717) is 0 Å². The maximum absolute atomic E-state index is 3.56. The Hall–Kier alpha value is -0.690. The Morgan fingerprint density at radius 2 is 1.73 bits per heavy atom. The van der Waals surface area contributed by atoms with Crippen LogP contribution in [0.3, 0.4) is 0 Å². The second-order valence-electron chi connectivity index (χ2n) is 3.89. The van der Waals surface area contributed by atoms with Crippen LogP contribution >= 0.6 is 11.8 Å². The van der Waals surface area contributed by atoms with E-state index >= 15 is 0 Å². The average Bonchev–Trinajstić information content (AvgIpc) is 2.11. The standard InChI is InChI=1S/C10H14S.C4H8/c1-4-11-10-6-5-8(2)9(3)7-10;1-4(2)3/h5-7H,4H2,1-3H3;1H2,2-3H3. The minimum Gasteiger partial charge on any atom is -0.126 e. The summed E-state index contributed by atoms with van der Waals surface area (Å²) in [5.41, 5.74) is 3.94. The fourth-order valence-electron chi connectivity index (χ4n) is 0.970. The van der Waals surface area contributed by atoms with Gasteiger partial charge in [-0.05, 0) is 56.7 Å². The molecule has 0 fully saturated rings. The van der Waals surface area contributed by atoms with Crippen LogP contribution in [0.25, 0.3) is 0 Å². The lowest BCUT2D eigenvalue weighted by Gasteiger charge is -2.02. The summed E-state index contributed by atoms with van der Waals surface area (Å²) in [5, 5.41) is 0. The van der Waals surface area contributed by atoms with Crippen molar-refractivity contribution in [2.45, 2.75) is 39.5 Å². The van der Waals surface area contributed by atoms with E-state index in [1.165, 1.54) is 21.6 Å². The van der Waals surface area contributed by atoms with E-state index in [-0.39, 0.29) is 0 Å². The molecule has 1 aromatic rings. The van der Waals surface area contributed by atoms with E-state index in [4.69, 9.17) is 0 Å². The summed E-state index contributed by atoms with van der Waals surface area (Å²) in [4.78, 5) is 1.38. The van der Waals surface area contributed by atoms with Crippen LogP contribution in [0.5, 0.6) is 0 Å². The van der Waals surface area contributed by atoms with Gasteiger partial charge in [0.1, 0.15) is 0 Å². The summed E-state index contributed by atoms with van der Waals surface area (Å²) >= 11 is 1.90. The largest absolute Gasteiger partial charge is 0.126 e. The van der Waals surface area contributed by atoms with Crippen molar-refractivity contribution in [3.05, 3.63) is 41.5 Å². The quantitative estimate of drug-likeness (QED) is 0.501. The molecule has 0 atom stereocenters. The molecule has 0 heterocycles. The van der Waals surface area contributed by atoms with Crippen LogP contribution in [-0.2, 0) is 0 Å². The first kappa shape index (κ1) is 14.3. The smallest absolute Gasteiger partial charge is 0.00746 e. The van der Waals surface area contributed by atoms with Gasteiger partial charge in [0.15, 0.2) is 0 Å². The van der Waals surface area contributed by atoms with Gasteiger partial charge in [-0.25, -0.2) is 0 Å². The summed E-state index contributed by atoms with van der Waals surface area (Å²) in [7, 11) is 0. The Kier molecular flexibility index (Phi) is 7.23. The zero-order valence-electron chi connectivity index (χ0n) is 10.6. The normalized spacial score (nSPS) is 9.13. The molecule has 1 heteroatoms. The molecule has 0 aliphatic rings. The van der Waals surface area contributed by atoms with Gasteiger partial charge in [-0.1, -0.05) is 18.6 Å². The highest BCUT2D eigenvalue weighted by molar-refractivity contribution is 7.99. The minimum absolute atomic E-state index is 1.16. The number of benzene rings is 1. The average molecular weight is 222 g/mol. The predicted molar refractivity (Wildman–Crippen MR) is 72.8 cm³/mol. The number of aryl methyl sites for hydroxylation is 2. The maximum atomic E-state index is 3.56. The minimum atomic E-state index is 1.16. The van der Waals surface area contributed by atoms with Crippen LogP contribution in [0.2, 0.25) is 0 Å². The molecule has 0 spiro atoms. The van der Waals surface area contributed by atoms with E-state index < -0.39 is 0 Å². The number of rotatable bonds is 2. The molecule has 0 unspecified atom stereocenters. The molecule has 0 radical (unpaired) electrons. The second-order valence-corrected chi connectivity index (χ2v) is 5.22. The molecule has 0 N–H and O–H groups in total.